The second kappa shape index (κ2) is 5.42. The third kappa shape index (κ3) is 2.94. The van der Waals surface area contributed by atoms with Crippen LogP contribution < -0.4 is 0 Å². The third-order valence-electron chi connectivity index (χ3n) is 3.84. The second-order valence-electron chi connectivity index (χ2n) is 5.22. The van der Waals surface area contributed by atoms with Gasteiger partial charge in [-0.15, -0.1) is 0 Å². The zero-order valence-electron chi connectivity index (χ0n) is 11.2. The lowest BCUT2D eigenvalue weighted by Gasteiger charge is -2.33. The maximum Gasteiger partial charge on any atom is 0.433 e. The number of amides is 1. The van der Waals surface area contributed by atoms with Crippen LogP contribution in [0.2, 0.25) is 0 Å². The Morgan fingerprint density at radius 2 is 2.00 bits per heavy atom. The average Bonchev–Trinajstić information content (AvgIpc) is 2.87. The van der Waals surface area contributed by atoms with Crippen LogP contribution in [-0.4, -0.2) is 28.8 Å². The molecule has 0 aliphatic heterocycles. The number of carbonyl (C=O) groups excluding carboxylic acids is 1. The first-order valence-electron chi connectivity index (χ1n) is 6.50. The summed E-state index contributed by atoms with van der Waals surface area (Å²) in [5.74, 6) is 0.0685. The van der Waals surface area contributed by atoms with Crippen molar-refractivity contribution in [3.05, 3.63) is 28.0 Å². The lowest BCUT2D eigenvalue weighted by atomic mass is 9.87. The molecule has 0 atom stereocenters. The van der Waals surface area contributed by atoms with Crippen molar-refractivity contribution >= 4 is 11.8 Å². The molecule has 1 amide bonds. The van der Waals surface area contributed by atoms with E-state index in [1.165, 1.54) is 12.1 Å². The third-order valence-corrected chi connectivity index (χ3v) is 3.84. The van der Waals surface area contributed by atoms with Crippen LogP contribution in [-0.2, 0) is 0 Å². The number of nitro groups is 1. The molecule has 104 valence electrons. The van der Waals surface area contributed by atoms with Gasteiger partial charge in [0, 0.05) is 13.1 Å². The average molecular weight is 266 g/mol. The molecule has 0 bridgehead atoms. The Balaban J connectivity index is 2.03. The molecule has 0 unspecified atom stereocenters. The predicted molar refractivity (Wildman–Crippen MR) is 68.9 cm³/mol. The van der Waals surface area contributed by atoms with Crippen LogP contribution in [0.5, 0.6) is 0 Å². The van der Waals surface area contributed by atoms with E-state index in [-0.39, 0.29) is 17.7 Å². The molecule has 6 heteroatoms. The summed E-state index contributed by atoms with van der Waals surface area (Å²) in [6.45, 7) is 2.22. The highest BCUT2D eigenvalue weighted by Gasteiger charge is 2.28. The molecule has 1 aromatic rings. The van der Waals surface area contributed by atoms with Crippen molar-refractivity contribution in [2.45, 2.75) is 38.6 Å². The molecule has 1 heterocycles. The van der Waals surface area contributed by atoms with E-state index < -0.39 is 10.8 Å². The fourth-order valence-corrected chi connectivity index (χ4v) is 2.51. The summed E-state index contributed by atoms with van der Waals surface area (Å²) in [5.41, 5.74) is 0. The van der Waals surface area contributed by atoms with Gasteiger partial charge in [-0.25, -0.2) is 0 Å². The largest absolute Gasteiger partial charge is 0.433 e. The van der Waals surface area contributed by atoms with Gasteiger partial charge in [0.2, 0.25) is 0 Å². The standard InChI is InChI=1S/C13H18N2O4/c1-9-3-5-10(6-4-9)14(2)13(16)11-7-8-12(19-11)15(17)18/h7-10H,3-6H2,1-2H3. The molecule has 0 aromatic carbocycles. The Hall–Kier alpha value is -1.85. The fraction of sp³-hybridized carbons (Fsp3) is 0.615. The van der Waals surface area contributed by atoms with Crippen molar-refractivity contribution in [2.75, 3.05) is 7.05 Å². The van der Waals surface area contributed by atoms with Gasteiger partial charge < -0.3 is 9.32 Å². The molecule has 1 fully saturated rings. The van der Waals surface area contributed by atoms with Crippen LogP contribution in [0.3, 0.4) is 0 Å². The molecule has 1 saturated carbocycles. The van der Waals surface area contributed by atoms with E-state index in [9.17, 15) is 14.9 Å². The van der Waals surface area contributed by atoms with Gasteiger partial charge in [0.15, 0.2) is 5.76 Å². The fourth-order valence-electron chi connectivity index (χ4n) is 2.51. The normalized spacial score (nSPS) is 23.1. The summed E-state index contributed by atoms with van der Waals surface area (Å²) in [7, 11) is 1.73. The summed E-state index contributed by atoms with van der Waals surface area (Å²) in [5, 5.41) is 10.5. The van der Waals surface area contributed by atoms with E-state index in [2.05, 4.69) is 6.92 Å². The molecule has 2 rings (SSSR count). The smallest absolute Gasteiger partial charge is 0.395 e. The molecule has 1 aromatic heterocycles. The minimum Gasteiger partial charge on any atom is -0.395 e. The first kappa shape index (κ1) is 13.6. The molecule has 19 heavy (non-hydrogen) atoms. The van der Waals surface area contributed by atoms with Crippen molar-refractivity contribution < 1.29 is 14.1 Å². The topological polar surface area (TPSA) is 76.6 Å². The van der Waals surface area contributed by atoms with Gasteiger partial charge in [0.1, 0.15) is 4.92 Å². The molecule has 0 spiro atoms. The minimum atomic E-state index is -0.640. The quantitative estimate of drug-likeness (QED) is 0.622. The Labute approximate surface area is 111 Å². The molecule has 0 saturated heterocycles. The number of carbonyl (C=O) groups is 1. The Kier molecular flexibility index (Phi) is 3.87. The maximum atomic E-state index is 12.2. The highest BCUT2D eigenvalue weighted by Crippen LogP contribution is 2.27. The first-order chi connectivity index (χ1) is 8.99. The van der Waals surface area contributed by atoms with Gasteiger partial charge in [0.05, 0.1) is 6.07 Å². The molecule has 0 radical (unpaired) electrons. The van der Waals surface area contributed by atoms with Gasteiger partial charge in [-0.3, -0.25) is 14.9 Å². The molecule has 1 aliphatic rings. The van der Waals surface area contributed by atoms with E-state index in [0.717, 1.165) is 25.7 Å². The molecule has 6 nitrogen and oxygen atoms in total. The highest BCUT2D eigenvalue weighted by molar-refractivity contribution is 5.91. The van der Waals surface area contributed by atoms with Gasteiger partial charge in [-0.2, -0.15) is 0 Å². The Morgan fingerprint density at radius 3 is 2.53 bits per heavy atom. The number of hydrogen-bond acceptors (Lipinski definition) is 4. The predicted octanol–water partition coefficient (Wildman–Crippen LogP) is 2.84. The number of furan rings is 1. The lowest BCUT2D eigenvalue weighted by molar-refractivity contribution is -0.402. The molecule has 0 N–H and O–H groups in total. The van der Waals surface area contributed by atoms with E-state index >= 15 is 0 Å². The van der Waals surface area contributed by atoms with Crippen molar-refractivity contribution in [3.63, 3.8) is 0 Å². The molecular weight excluding hydrogens is 248 g/mol. The van der Waals surface area contributed by atoms with Crippen molar-refractivity contribution in [3.8, 4) is 0 Å². The van der Waals surface area contributed by atoms with E-state index in [1.54, 1.807) is 11.9 Å². The van der Waals surface area contributed by atoms with Crippen LogP contribution in [0, 0.1) is 16.0 Å². The summed E-state index contributed by atoms with van der Waals surface area (Å²) in [6.07, 6.45) is 4.18. The van der Waals surface area contributed by atoms with Crippen LogP contribution >= 0.6 is 0 Å². The van der Waals surface area contributed by atoms with Crippen molar-refractivity contribution in [1.82, 2.24) is 4.90 Å². The van der Waals surface area contributed by atoms with Gasteiger partial charge >= 0.3 is 5.88 Å². The van der Waals surface area contributed by atoms with Crippen LogP contribution in [0.4, 0.5) is 5.88 Å². The maximum absolute atomic E-state index is 12.2. The molecular formula is C13H18N2O4. The van der Waals surface area contributed by atoms with E-state index in [4.69, 9.17) is 4.42 Å². The Bertz CT molecular complexity index is 475. The summed E-state index contributed by atoms with van der Waals surface area (Å²) in [6, 6.07) is 2.78. The minimum absolute atomic E-state index is 0.0350. The first-order valence-corrected chi connectivity index (χ1v) is 6.50. The number of rotatable bonds is 3. The van der Waals surface area contributed by atoms with Crippen LogP contribution in [0.25, 0.3) is 0 Å². The SMILES string of the molecule is CC1CCC(N(C)C(=O)c2ccc([N+](=O)[O-])o2)CC1. The summed E-state index contributed by atoms with van der Waals surface area (Å²) >= 11 is 0. The Morgan fingerprint density at radius 1 is 1.37 bits per heavy atom. The van der Waals surface area contributed by atoms with Crippen molar-refractivity contribution in [1.29, 1.82) is 0 Å². The summed E-state index contributed by atoms with van der Waals surface area (Å²) in [4.78, 5) is 23.7. The highest BCUT2D eigenvalue weighted by atomic mass is 16.6. The van der Waals surface area contributed by atoms with Crippen LogP contribution in [0.15, 0.2) is 16.5 Å². The number of hydrogen-bond donors (Lipinski definition) is 0. The van der Waals surface area contributed by atoms with E-state index in [0.29, 0.717) is 5.92 Å². The van der Waals surface area contributed by atoms with Crippen molar-refractivity contribution in [2.24, 2.45) is 5.92 Å². The number of nitrogens with zero attached hydrogens (tertiary/aromatic N) is 2. The molecule has 1 aliphatic carbocycles. The second-order valence-corrected chi connectivity index (χ2v) is 5.22. The van der Waals surface area contributed by atoms with Gasteiger partial charge in [-0.05, 0) is 37.7 Å². The van der Waals surface area contributed by atoms with Gasteiger partial charge in [0.25, 0.3) is 5.91 Å². The lowest BCUT2D eigenvalue weighted by Crippen LogP contribution is -2.39. The van der Waals surface area contributed by atoms with E-state index in [1.807, 2.05) is 0 Å². The monoisotopic (exact) mass is 266 g/mol. The van der Waals surface area contributed by atoms with Gasteiger partial charge in [-0.1, -0.05) is 6.92 Å². The summed E-state index contributed by atoms with van der Waals surface area (Å²) < 4.78 is 4.95. The zero-order chi connectivity index (χ0) is 14.0. The van der Waals surface area contributed by atoms with Crippen LogP contribution in [0.1, 0.15) is 43.2 Å². The zero-order valence-corrected chi connectivity index (χ0v) is 11.2.